The van der Waals surface area contributed by atoms with Crippen molar-refractivity contribution in [2.75, 3.05) is 7.11 Å². The highest BCUT2D eigenvalue weighted by molar-refractivity contribution is 5.95. The average molecular weight is 388 g/mol. The molecule has 5 nitrogen and oxygen atoms in total. The van der Waals surface area contributed by atoms with Gasteiger partial charge in [-0.2, -0.15) is 0 Å². The second-order valence-electron chi connectivity index (χ2n) is 6.24. The van der Waals surface area contributed by atoms with Gasteiger partial charge in [-0.15, -0.1) is 0 Å². The molecule has 148 valence electrons. The maximum atomic E-state index is 13.3. The van der Waals surface area contributed by atoms with E-state index in [1.54, 1.807) is 44.4 Å². The minimum Gasteiger partial charge on any atom is -0.497 e. The van der Waals surface area contributed by atoms with Crippen molar-refractivity contribution in [3.8, 4) is 5.75 Å². The SMILES string of the molecule is COc1ccc(/C=C/C(=O)NC(C)C(=O)NC(C)c2ccc(F)c(F)c2)cc1. The first-order chi connectivity index (χ1) is 13.3. The minimum absolute atomic E-state index is 0.421. The van der Waals surface area contributed by atoms with Crippen LogP contribution in [0.2, 0.25) is 0 Å². The standard InChI is InChI=1S/C21H22F2N2O3/c1-13(16-7-10-18(22)19(23)12-16)25-21(27)14(2)24-20(26)11-6-15-4-8-17(28-3)9-5-15/h4-14H,1-3H3,(H,24,26)(H,25,27)/b11-6+. The molecule has 2 rings (SSSR count). The van der Waals surface area contributed by atoms with Crippen molar-refractivity contribution in [1.29, 1.82) is 0 Å². The van der Waals surface area contributed by atoms with Crippen LogP contribution in [-0.4, -0.2) is 25.0 Å². The van der Waals surface area contributed by atoms with Crippen molar-refractivity contribution in [2.45, 2.75) is 25.9 Å². The smallest absolute Gasteiger partial charge is 0.244 e. The first-order valence-electron chi connectivity index (χ1n) is 8.68. The van der Waals surface area contributed by atoms with E-state index in [2.05, 4.69) is 10.6 Å². The summed E-state index contributed by atoms with van der Waals surface area (Å²) in [5, 5.41) is 5.21. The molecule has 2 unspecified atom stereocenters. The van der Waals surface area contributed by atoms with E-state index in [0.29, 0.717) is 11.3 Å². The van der Waals surface area contributed by atoms with Crippen molar-refractivity contribution in [2.24, 2.45) is 0 Å². The highest BCUT2D eigenvalue weighted by atomic mass is 19.2. The van der Waals surface area contributed by atoms with Crippen LogP contribution < -0.4 is 15.4 Å². The summed E-state index contributed by atoms with van der Waals surface area (Å²) in [6, 6.07) is 9.21. The van der Waals surface area contributed by atoms with Gasteiger partial charge >= 0.3 is 0 Å². The van der Waals surface area contributed by atoms with Crippen LogP contribution in [0.5, 0.6) is 5.75 Å². The molecule has 0 fully saturated rings. The zero-order valence-corrected chi connectivity index (χ0v) is 15.8. The van der Waals surface area contributed by atoms with Crippen LogP contribution in [0.1, 0.15) is 31.0 Å². The zero-order valence-electron chi connectivity index (χ0n) is 15.8. The summed E-state index contributed by atoms with van der Waals surface area (Å²) in [4.78, 5) is 24.2. The third kappa shape index (κ3) is 5.90. The van der Waals surface area contributed by atoms with Crippen molar-refractivity contribution in [1.82, 2.24) is 10.6 Å². The number of hydrogen-bond donors (Lipinski definition) is 2. The number of hydrogen-bond acceptors (Lipinski definition) is 3. The Morgan fingerprint density at radius 3 is 2.29 bits per heavy atom. The molecule has 0 radical (unpaired) electrons. The number of ether oxygens (including phenoxy) is 1. The van der Waals surface area contributed by atoms with Gasteiger partial charge in [0.2, 0.25) is 11.8 Å². The number of methoxy groups -OCH3 is 1. The Bertz CT molecular complexity index is 866. The largest absolute Gasteiger partial charge is 0.497 e. The Kier molecular flexibility index (Phi) is 7.26. The predicted octanol–water partition coefficient (Wildman–Crippen LogP) is 3.37. The maximum Gasteiger partial charge on any atom is 0.244 e. The molecule has 2 atom stereocenters. The topological polar surface area (TPSA) is 67.4 Å². The molecule has 0 saturated carbocycles. The normalized spacial score (nSPS) is 13.0. The molecular formula is C21H22F2N2O3. The van der Waals surface area contributed by atoms with E-state index >= 15 is 0 Å². The number of amides is 2. The van der Waals surface area contributed by atoms with Crippen molar-refractivity contribution < 1.29 is 23.1 Å². The van der Waals surface area contributed by atoms with Gasteiger partial charge in [0.1, 0.15) is 11.8 Å². The summed E-state index contributed by atoms with van der Waals surface area (Å²) >= 11 is 0. The molecule has 28 heavy (non-hydrogen) atoms. The average Bonchev–Trinajstić information content (AvgIpc) is 2.68. The van der Waals surface area contributed by atoms with E-state index in [-0.39, 0.29) is 0 Å². The summed E-state index contributed by atoms with van der Waals surface area (Å²) in [5.74, 6) is -2.10. The Morgan fingerprint density at radius 2 is 1.68 bits per heavy atom. The van der Waals surface area contributed by atoms with Crippen LogP contribution in [0.3, 0.4) is 0 Å². The Hall–Kier alpha value is -3.22. The lowest BCUT2D eigenvalue weighted by molar-refractivity contribution is -0.127. The van der Waals surface area contributed by atoms with Gasteiger partial charge in [0, 0.05) is 6.08 Å². The molecule has 0 aromatic heterocycles. The Labute approximate surface area is 162 Å². The fourth-order valence-electron chi connectivity index (χ4n) is 2.42. The monoisotopic (exact) mass is 388 g/mol. The lowest BCUT2D eigenvalue weighted by Crippen LogP contribution is -2.45. The van der Waals surface area contributed by atoms with Crippen molar-refractivity contribution in [3.05, 3.63) is 71.3 Å². The molecule has 0 heterocycles. The summed E-state index contributed by atoms with van der Waals surface area (Å²) in [7, 11) is 1.57. The van der Waals surface area contributed by atoms with Crippen LogP contribution in [0.15, 0.2) is 48.5 Å². The molecule has 0 aliphatic heterocycles. The molecule has 2 aromatic rings. The molecule has 2 amide bonds. The van der Waals surface area contributed by atoms with E-state index in [9.17, 15) is 18.4 Å². The number of carbonyl (C=O) groups is 2. The number of rotatable bonds is 7. The molecule has 2 aromatic carbocycles. The molecule has 0 bridgehead atoms. The van der Waals surface area contributed by atoms with Crippen LogP contribution in [0.4, 0.5) is 8.78 Å². The van der Waals surface area contributed by atoms with Crippen molar-refractivity contribution in [3.63, 3.8) is 0 Å². The van der Waals surface area contributed by atoms with Gasteiger partial charge in [-0.05, 0) is 55.3 Å². The van der Waals surface area contributed by atoms with E-state index in [4.69, 9.17) is 4.74 Å². The molecule has 0 saturated heterocycles. The van der Waals surface area contributed by atoms with Crippen molar-refractivity contribution >= 4 is 17.9 Å². The maximum absolute atomic E-state index is 13.3. The van der Waals surface area contributed by atoms with Gasteiger partial charge in [0.15, 0.2) is 11.6 Å². The third-order valence-electron chi connectivity index (χ3n) is 4.10. The highest BCUT2D eigenvalue weighted by Gasteiger charge is 2.18. The number of carbonyl (C=O) groups excluding carboxylic acids is 2. The number of halogens is 2. The summed E-state index contributed by atoms with van der Waals surface area (Å²) in [6.45, 7) is 3.18. The zero-order chi connectivity index (χ0) is 20.7. The Balaban J connectivity index is 1.88. The quantitative estimate of drug-likeness (QED) is 0.715. The summed E-state index contributed by atoms with van der Waals surface area (Å²) in [6.07, 6.45) is 2.94. The number of nitrogens with one attached hydrogen (secondary N) is 2. The third-order valence-corrected chi connectivity index (χ3v) is 4.10. The van der Waals surface area contributed by atoms with Gasteiger partial charge in [-0.25, -0.2) is 8.78 Å². The summed E-state index contributed by atoms with van der Waals surface area (Å²) in [5.41, 5.74) is 1.23. The van der Waals surface area contributed by atoms with Crippen LogP contribution in [0, 0.1) is 11.6 Å². The molecule has 0 spiro atoms. The first kappa shape index (κ1) is 21.1. The lowest BCUT2D eigenvalue weighted by atomic mass is 10.1. The predicted molar refractivity (Wildman–Crippen MR) is 103 cm³/mol. The molecule has 7 heteroatoms. The van der Waals surface area contributed by atoms with Crippen LogP contribution >= 0.6 is 0 Å². The number of benzene rings is 2. The molecule has 2 N–H and O–H groups in total. The second kappa shape index (κ2) is 9.64. The van der Waals surface area contributed by atoms with E-state index < -0.39 is 35.5 Å². The van der Waals surface area contributed by atoms with E-state index in [1.165, 1.54) is 19.1 Å². The molecule has 0 aliphatic rings. The van der Waals surface area contributed by atoms with Gasteiger partial charge in [0.25, 0.3) is 0 Å². The van der Waals surface area contributed by atoms with Crippen LogP contribution in [0.25, 0.3) is 6.08 Å². The second-order valence-corrected chi connectivity index (χ2v) is 6.24. The highest BCUT2D eigenvalue weighted by Crippen LogP contribution is 2.16. The fourth-order valence-corrected chi connectivity index (χ4v) is 2.42. The fraction of sp³-hybridized carbons (Fsp3) is 0.238. The van der Waals surface area contributed by atoms with E-state index in [0.717, 1.165) is 17.7 Å². The van der Waals surface area contributed by atoms with Crippen LogP contribution in [-0.2, 0) is 9.59 Å². The minimum atomic E-state index is -0.983. The van der Waals surface area contributed by atoms with Gasteiger partial charge in [0.05, 0.1) is 13.2 Å². The molecular weight excluding hydrogens is 366 g/mol. The van der Waals surface area contributed by atoms with Gasteiger partial charge < -0.3 is 15.4 Å². The Morgan fingerprint density at radius 1 is 1.00 bits per heavy atom. The summed E-state index contributed by atoms with van der Waals surface area (Å²) < 4.78 is 31.4. The van der Waals surface area contributed by atoms with Gasteiger partial charge in [-0.3, -0.25) is 9.59 Å². The molecule has 0 aliphatic carbocycles. The lowest BCUT2D eigenvalue weighted by Gasteiger charge is -2.18. The van der Waals surface area contributed by atoms with E-state index in [1.807, 2.05) is 0 Å². The van der Waals surface area contributed by atoms with Gasteiger partial charge in [-0.1, -0.05) is 18.2 Å². The first-order valence-corrected chi connectivity index (χ1v) is 8.68.